The molecule has 1 saturated heterocycles. The monoisotopic (exact) mass is 379 g/mol. The molecular formula is C23H29N3O2. The molecule has 1 aliphatic heterocycles. The summed E-state index contributed by atoms with van der Waals surface area (Å²) in [6.07, 6.45) is 4.26. The summed E-state index contributed by atoms with van der Waals surface area (Å²) in [5.74, 6) is 0.950. The largest absolute Gasteiger partial charge is 0.480 e. The molecule has 2 heterocycles. The molecule has 1 fully saturated rings. The number of rotatable bonds is 6. The van der Waals surface area contributed by atoms with Crippen LogP contribution in [0.2, 0.25) is 0 Å². The van der Waals surface area contributed by atoms with Crippen LogP contribution in [0.1, 0.15) is 51.5 Å². The van der Waals surface area contributed by atoms with Crippen molar-refractivity contribution in [2.45, 2.75) is 38.5 Å². The first-order chi connectivity index (χ1) is 13.7. The van der Waals surface area contributed by atoms with Gasteiger partial charge in [-0.3, -0.25) is 4.79 Å². The molecule has 2 aliphatic rings. The lowest BCUT2D eigenvalue weighted by Crippen LogP contribution is -2.34. The van der Waals surface area contributed by atoms with E-state index in [0.717, 1.165) is 44.6 Å². The number of hydrogen-bond donors (Lipinski definition) is 1. The number of nitrogens with one attached hydrogen (secondary N) is 1. The van der Waals surface area contributed by atoms with Gasteiger partial charge < -0.3 is 15.0 Å². The quantitative estimate of drug-likeness (QED) is 0.838. The van der Waals surface area contributed by atoms with Gasteiger partial charge in [-0.2, -0.15) is 0 Å². The van der Waals surface area contributed by atoms with Crippen molar-refractivity contribution in [2.75, 3.05) is 33.3 Å². The van der Waals surface area contributed by atoms with Crippen LogP contribution in [0.3, 0.4) is 0 Å². The van der Waals surface area contributed by atoms with Crippen LogP contribution in [0.5, 0.6) is 5.88 Å². The lowest BCUT2D eigenvalue weighted by atomic mass is 9.94. The Hall–Kier alpha value is -2.40. The molecule has 0 unspecified atom stereocenters. The number of carbonyl (C=O) groups is 1. The van der Waals surface area contributed by atoms with Crippen LogP contribution in [0.25, 0.3) is 0 Å². The number of aryl methyl sites for hydroxylation is 3. The fraction of sp³-hybridized carbons (Fsp3) is 0.478. The highest BCUT2D eigenvalue weighted by Gasteiger charge is 2.25. The zero-order valence-electron chi connectivity index (χ0n) is 16.8. The van der Waals surface area contributed by atoms with Gasteiger partial charge in [-0.25, -0.2) is 4.98 Å². The minimum absolute atomic E-state index is 0.0892. The van der Waals surface area contributed by atoms with E-state index in [4.69, 9.17) is 4.74 Å². The second-order valence-corrected chi connectivity index (χ2v) is 7.90. The molecule has 148 valence electrons. The Kier molecular flexibility index (Phi) is 5.62. The number of benzene rings is 1. The predicted octanol–water partition coefficient (Wildman–Crippen LogP) is 3.11. The molecule has 5 nitrogen and oxygen atoms in total. The molecule has 5 heteroatoms. The normalized spacial score (nSPS) is 18.9. The molecule has 2 aromatic rings. The molecule has 1 aromatic heterocycles. The smallest absolute Gasteiger partial charge is 0.256 e. The van der Waals surface area contributed by atoms with E-state index in [-0.39, 0.29) is 5.91 Å². The highest BCUT2D eigenvalue weighted by Crippen LogP contribution is 2.29. The summed E-state index contributed by atoms with van der Waals surface area (Å²) in [5, 5.41) is 3.06. The van der Waals surface area contributed by atoms with Crippen molar-refractivity contribution in [3.8, 4) is 5.88 Å². The van der Waals surface area contributed by atoms with E-state index >= 15 is 0 Å². The van der Waals surface area contributed by atoms with E-state index in [1.165, 1.54) is 23.1 Å². The molecule has 0 spiro atoms. The molecule has 4 rings (SSSR count). The Morgan fingerprint density at radius 3 is 3.00 bits per heavy atom. The number of hydrogen-bond acceptors (Lipinski definition) is 4. The summed E-state index contributed by atoms with van der Waals surface area (Å²) in [6, 6.07) is 10.6. The third-order valence-electron chi connectivity index (χ3n) is 6.07. The van der Waals surface area contributed by atoms with E-state index in [9.17, 15) is 4.79 Å². The van der Waals surface area contributed by atoms with E-state index in [1.54, 1.807) is 7.11 Å². The molecule has 0 radical (unpaired) electrons. The lowest BCUT2D eigenvalue weighted by molar-refractivity contribution is 0.0946. The van der Waals surface area contributed by atoms with Gasteiger partial charge in [0.15, 0.2) is 0 Å². The maximum absolute atomic E-state index is 12.7. The van der Waals surface area contributed by atoms with Crippen molar-refractivity contribution in [3.05, 3.63) is 58.3 Å². The van der Waals surface area contributed by atoms with Crippen LogP contribution in [0.15, 0.2) is 30.3 Å². The van der Waals surface area contributed by atoms with Crippen LogP contribution < -0.4 is 10.1 Å². The van der Waals surface area contributed by atoms with Gasteiger partial charge in [0.1, 0.15) is 5.56 Å². The number of pyridine rings is 1. The zero-order valence-corrected chi connectivity index (χ0v) is 16.8. The van der Waals surface area contributed by atoms with Crippen molar-refractivity contribution in [1.82, 2.24) is 15.2 Å². The van der Waals surface area contributed by atoms with Crippen LogP contribution >= 0.6 is 0 Å². The van der Waals surface area contributed by atoms with Crippen LogP contribution in [0.4, 0.5) is 0 Å². The van der Waals surface area contributed by atoms with Gasteiger partial charge in [0.25, 0.3) is 5.91 Å². The number of ether oxygens (including phenoxy) is 1. The minimum atomic E-state index is -0.0892. The SMILES string of the molecule is COc1nc2c(cc1C(=O)NCCN1CC[C@@H](c3ccccc3C)C1)CCC2. The number of aromatic nitrogens is 1. The number of methoxy groups -OCH3 is 1. The Bertz CT molecular complexity index is 865. The third-order valence-corrected chi connectivity index (χ3v) is 6.07. The van der Waals surface area contributed by atoms with Gasteiger partial charge in [0, 0.05) is 25.3 Å². The number of fused-ring (bicyclic) bond motifs is 1. The van der Waals surface area contributed by atoms with Gasteiger partial charge in [-0.1, -0.05) is 24.3 Å². The van der Waals surface area contributed by atoms with Crippen LogP contribution in [-0.4, -0.2) is 49.1 Å². The van der Waals surface area contributed by atoms with Gasteiger partial charge >= 0.3 is 0 Å². The average molecular weight is 380 g/mol. The molecule has 0 bridgehead atoms. The van der Waals surface area contributed by atoms with Crippen molar-refractivity contribution in [2.24, 2.45) is 0 Å². The molecule has 1 atom stereocenters. The molecule has 1 aromatic carbocycles. The first-order valence-corrected chi connectivity index (χ1v) is 10.3. The van der Waals surface area contributed by atoms with Crippen LogP contribution in [0, 0.1) is 6.92 Å². The Balaban J connectivity index is 1.31. The molecule has 28 heavy (non-hydrogen) atoms. The maximum Gasteiger partial charge on any atom is 0.256 e. The zero-order chi connectivity index (χ0) is 19.5. The lowest BCUT2D eigenvalue weighted by Gasteiger charge is -2.18. The molecular weight excluding hydrogens is 350 g/mol. The van der Waals surface area contributed by atoms with Gasteiger partial charge in [0.2, 0.25) is 5.88 Å². The molecule has 0 saturated carbocycles. The summed E-state index contributed by atoms with van der Waals surface area (Å²) < 4.78 is 5.36. The first kappa shape index (κ1) is 18.9. The second-order valence-electron chi connectivity index (χ2n) is 7.90. The fourth-order valence-electron chi connectivity index (χ4n) is 4.53. The second kappa shape index (κ2) is 8.31. The van der Waals surface area contributed by atoms with Crippen molar-refractivity contribution in [1.29, 1.82) is 0 Å². The summed E-state index contributed by atoms with van der Waals surface area (Å²) in [4.78, 5) is 19.7. The van der Waals surface area contributed by atoms with Crippen LogP contribution in [-0.2, 0) is 12.8 Å². The fourth-order valence-corrected chi connectivity index (χ4v) is 4.53. The predicted molar refractivity (Wildman–Crippen MR) is 110 cm³/mol. The third kappa shape index (κ3) is 3.90. The molecule has 1 amide bonds. The van der Waals surface area contributed by atoms with Crippen molar-refractivity contribution in [3.63, 3.8) is 0 Å². The summed E-state index contributed by atoms with van der Waals surface area (Å²) >= 11 is 0. The van der Waals surface area contributed by atoms with Gasteiger partial charge in [-0.15, -0.1) is 0 Å². The topological polar surface area (TPSA) is 54.5 Å². The Morgan fingerprint density at radius 2 is 2.18 bits per heavy atom. The Morgan fingerprint density at radius 1 is 1.32 bits per heavy atom. The number of carbonyl (C=O) groups excluding carboxylic acids is 1. The van der Waals surface area contributed by atoms with Crippen molar-refractivity contribution < 1.29 is 9.53 Å². The highest BCUT2D eigenvalue weighted by atomic mass is 16.5. The average Bonchev–Trinajstić information content (AvgIpc) is 3.36. The number of nitrogens with zero attached hydrogens (tertiary/aromatic N) is 2. The van der Waals surface area contributed by atoms with E-state index < -0.39 is 0 Å². The highest BCUT2D eigenvalue weighted by molar-refractivity contribution is 5.96. The summed E-state index contributed by atoms with van der Waals surface area (Å²) in [5.41, 5.74) is 5.66. The standard InChI is InChI=1S/C23H29N3O2/c1-16-6-3-4-8-19(16)18-10-12-26(15-18)13-11-24-22(27)20-14-17-7-5-9-21(17)25-23(20)28-2/h3-4,6,8,14,18H,5,7,9-13,15H2,1-2H3,(H,24,27)/t18-/m1/s1. The first-order valence-electron chi connectivity index (χ1n) is 10.3. The number of amides is 1. The maximum atomic E-state index is 12.7. The minimum Gasteiger partial charge on any atom is -0.480 e. The summed E-state index contributed by atoms with van der Waals surface area (Å²) in [6.45, 7) is 5.84. The summed E-state index contributed by atoms with van der Waals surface area (Å²) in [7, 11) is 1.58. The van der Waals surface area contributed by atoms with Gasteiger partial charge in [0.05, 0.1) is 7.11 Å². The van der Waals surface area contributed by atoms with E-state index in [1.807, 2.05) is 6.07 Å². The van der Waals surface area contributed by atoms with E-state index in [2.05, 4.69) is 46.4 Å². The van der Waals surface area contributed by atoms with Gasteiger partial charge in [-0.05, 0) is 67.8 Å². The van der Waals surface area contributed by atoms with Crippen molar-refractivity contribution >= 4 is 5.91 Å². The Labute approximate surface area is 167 Å². The molecule has 1 N–H and O–H groups in total. The van der Waals surface area contributed by atoms with E-state index in [0.29, 0.717) is 23.9 Å². The number of likely N-dealkylation sites (tertiary alicyclic amines) is 1. The molecule has 1 aliphatic carbocycles.